The van der Waals surface area contributed by atoms with E-state index in [1.54, 1.807) is 45.9 Å². The van der Waals surface area contributed by atoms with E-state index in [-0.39, 0.29) is 62.0 Å². The number of carbonyl (C=O) groups excluding carboxylic acids is 3. The standard InChI is InChI=1S/C29H41N5O10/c1-5-24(36)43-26-21(31-28(37)44-29(2,3)4)10-8-11-22(26)40-19-16-32(14-9-18-42-25-12-6-7-17-41-25)23(35)20-33-15-13-30-27(33)34(38)39/h8,10-11,13,15,25H,5-7,9,12,14,16-20H2,1-4H3,(H,31,37). The summed E-state index contributed by atoms with van der Waals surface area (Å²) < 4.78 is 29.3. The second-order valence-corrected chi connectivity index (χ2v) is 10.9. The van der Waals surface area contributed by atoms with E-state index in [1.807, 2.05) is 0 Å². The zero-order valence-corrected chi connectivity index (χ0v) is 25.6. The average molecular weight is 620 g/mol. The quantitative estimate of drug-likeness (QED) is 0.0990. The maximum absolute atomic E-state index is 13.3. The first-order valence-electron chi connectivity index (χ1n) is 14.6. The van der Waals surface area contributed by atoms with Crippen LogP contribution < -0.4 is 14.8 Å². The first-order valence-corrected chi connectivity index (χ1v) is 14.6. The van der Waals surface area contributed by atoms with Crippen molar-refractivity contribution in [3.05, 3.63) is 40.7 Å². The van der Waals surface area contributed by atoms with Crippen LogP contribution in [0.4, 0.5) is 16.4 Å². The smallest absolute Gasteiger partial charge is 0.435 e. The highest BCUT2D eigenvalue weighted by Crippen LogP contribution is 2.36. The van der Waals surface area contributed by atoms with Crippen molar-refractivity contribution in [2.75, 3.05) is 38.2 Å². The number of amides is 2. The van der Waals surface area contributed by atoms with E-state index in [2.05, 4.69) is 10.3 Å². The number of nitrogens with one attached hydrogen (secondary N) is 1. The van der Waals surface area contributed by atoms with Crippen molar-refractivity contribution in [1.82, 2.24) is 14.5 Å². The molecule has 0 aliphatic carbocycles. The molecule has 1 aliphatic heterocycles. The molecule has 1 aliphatic rings. The number of para-hydroxylation sites is 1. The SMILES string of the molecule is CCC(=O)Oc1c(NC(=O)OC(C)(C)C)cccc1OCCN(CCCOC1CCCCO1)C(=O)Cn1ccnc1[N+](=O)[O-]. The number of ether oxygens (including phenoxy) is 5. The summed E-state index contributed by atoms with van der Waals surface area (Å²) >= 11 is 0. The predicted octanol–water partition coefficient (Wildman–Crippen LogP) is 4.29. The third kappa shape index (κ3) is 11.1. The fourth-order valence-electron chi connectivity index (χ4n) is 4.22. The van der Waals surface area contributed by atoms with Crippen LogP contribution >= 0.6 is 0 Å². The van der Waals surface area contributed by atoms with Crippen LogP contribution in [0.3, 0.4) is 0 Å². The third-order valence-corrected chi connectivity index (χ3v) is 6.27. The molecule has 0 spiro atoms. The minimum absolute atomic E-state index is 0.00184. The minimum Gasteiger partial charge on any atom is -0.488 e. The van der Waals surface area contributed by atoms with Crippen LogP contribution in [0.1, 0.15) is 59.8 Å². The number of carbonyl (C=O) groups is 3. The number of hydrogen-bond donors (Lipinski definition) is 1. The van der Waals surface area contributed by atoms with Gasteiger partial charge >= 0.3 is 18.0 Å². The number of esters is 1. The van der Waals surface area contributed by atoms with Gasteiger partial charge in [-0.05, 0) is 63.5 Å². The summed E-state index contributed by atoms with van der Waals surface area (Å²) in [6, 6.07) is 4.72. The number of nitrogens with zero attached hydrogens (tertiary/aromatic N) is 4. The number of rotatable bonds is 15. The Morgan fingerprint density at radius 1 is 1.20 bits per heavy atom. The zero-order chi connectivity index (χ0) is 32.1. The zero-order valence-electron chi connectivity index (χ0n) is 25.6. The van der Waals surface area contributed by atoms with Gasteiger partial charge in [0.25, 0.3) is 5.91 Å². The highest BCUT2D eigenvalue weighted by molar-refractivity contribution is 5.89. The van der Waals surface area contributed by atoms with Crippen LogP contribution in [-0.2, 0) is 30.3 Å². The fourth-order valence-corrected chi connectivity index (χ4v) is 4.22. The molecule has 15 nitrogen and oxygen atoms in total. The minimum atomic E-state index is -0.750. The third-order valence-electron chi connectivity index (χ3n) is 6.27. The molecular formula is C29H41N5O10. The molecule has 1 fully saturated rings. The number of imidazole rings is 1. The molecule has 15 heteroatoms. The van der Waals surface area contributed by atoms with Crippen molar-refractivity contribution >= 4 is 29.6 Å². The summed E-state index contributed by atoms with van der Waals surface area (Å²) in [5.41, 5.74) is -0.582. The number of anilines is 1. The van der Waals surface area contributed by atoms with Gasteiger partial charge in [-0.25, -0.2) is 9.36 Å². The summed E-state index contributed by atoms with van der Waals surface area (Å²) in [5.74, 6) is -1.21. The summed E-state index contributed by atoms with van der Waals surface area (Å²) in [5, 5.41) is 13.9. The Morgan fingerprint density at radius 2 is 2.00 bits per heavy atom. The normalized spacial score (nSPS) is 14.9. The number of aromatic nitrogens is 2. The van der Waals surface area contributed by atoms with Crippen molar-refractivity contribution < 1.29 is 43.0 Å². The lowest BCUT2D eigenvalue weighted by Crippen LogP contribution is -2.38. The maximum atomic E-state index is 13.3. The van der Waals surface area contributed by atoms with Gasteiger partial charge in [0, 0.05) is 19.6 Å². The molecule has 2 heterocycles. The van der Waals surface area contributed by atoms with Crippen molar-refractivity contribution in [3.63, 3.8) is 0 Å². The van der Waals surface area contributed by atoms with Crippen LogP contribution in [0, 0.1) is 10.1 Å². The summed E-state index contributed by atoms with van der Waals surface area (Å²) in [6.07, 6.45) is 5.03. The highest BCUT2D eigenvalue weighted by atomic mass is 16.7. The van der Waals surface area contributed by atoms with Crippen LogP contribution in [-0.4, -0.2) is 82.1 Å². The maximum Gasteiger partial charge on any atom is 0.435 e. The summed E-state index contributed by atoms with van der Waals surface area (Å²) in [6.45, 7) is 7.88. The Bertz CT molecular complexity index is 1270. The van der Waals surface area contributed by atoms with Gasteiger partial charge in [-0.15, -0.1) is 0 Å². The van der Waals surface area contributed by atoms with Crippen LogP contribution in [0.15, 0.2) is 30.6 Å². The van der Waals surface area contributed by atoms with E-state index < -0.39 is 28.5 Å². The van der Waals surface area contributed by atoms with Gasteiger partial charge in [0.15, 0.2) is 24.3 Å². The predicted molar refractivity (Wildman–Crippen MR) is 157 cm³/mol. The molecular weight excluding hydrogens is 578 g/mol. The van der Waals surface area contributed by atoms with Gasteiger partial charge in [0.05, 0.1) is 18.8 Å². The molecule has 0 bridgehead atoms. The molecule has 0 radical (unpaired) electrons. The molecule has 242 valence electrons. The van der Waals surface area contributed by atoms with Crippen molar-refractivity contribution in [2.45, 2.75) is 78.2 Å². The molecule has 1 saturated heterocycles. The van der Waals surface area contributed by atoms with Crippen LogP contribution in [0.25, 0.3) is 0 Å². The first kappa shape index (κ1) is 34.3. The molecule has 0 saturated carbocycles. The van der Waals surface area contributed by atoms with E-state index >= 15 is 0 Å². The lowest BCUT2D eigenvalue weighted by atomic mass is 10.2. The largest absolute Gasteiger partial charge is 0.488 e. The molecule has 1 aromatic carbocycles. The lowest BCUT2D eigenvalue weighted by Gasteiger charge is -2.25. The van der Waals surface area contributed by atoms with Crippen LogP contribution in [0.2, 0.25) is 0 Å². The molecule has 2 aromatic rings. The van der Waals surface area contributed by atoms with Crippen molar-refractivity contribution in [3.8, 4) is 11.5 Å². The number of benzene rings is 1. The molecule has 2 amide bonds. The number of nitro groups is 1. The molecule has 1 aromatic heterocycles. The van der Waals surface area contributed by atoms with Gasteiger partial charge in [0.1, 0.15) is 24.6 Å². The second kappa shape index (κ2) is 16.6. The van der Waals surface area contributed by atoms with E-state index in [9.17, 15) is 24.5 Å². The average Bonchev–Trinajstić information content (AvgIpc) is 3.43. The fraction of sp³-hybridized carbons (Fsp3) is 0.586. The Hall–Kier alpha value is -4.24. The number of hydrogen-bond acceptors (Lipinski definition) is 11. The van der Waals surface area contributed by atoms with Gasteiger partial charge in [-0.1, -0.05) is 18.0 Å². The molecule has 3 rings (SSSR count). The van der Waals surface area contributed by atoms with Crippen LogP contribution in [0.5, 0.6) is 11.5 Å². The van der Waals surface area contributed by atoms with Crippen molar-refractivity contribution in [2.24, 2.45) is 0 Å². The Kier molecular flexibility index (Phi) is 12.9. The van der Waals surface area contributed by atoms with Gasteiger partial charge in [0.2, 0.25) is 0 Å². The summed E-state index contributed by atoms with van der Waals surface area (Å²) in [7, 11) is 0. The molecule has 1 atom stereocenters. The summed E-state index contributed by atoms with van der Waals surface area (Å²) in [4.78, 5) is 53.7. The van der Waals surface area contributed by atoms with E-state index in [1.165, 1.54) is 17.3 Å². The molecule has 1 N–H and O–H groups in total. The molecule has 1 unspecified atom stereocenters. The monoisotopic (exact) mass is 619 g/mol. The molecule has 44 heavy (non-hydrogen) atoms. The van der Waals surface area contributed by atoms with E-state index in [0.29, 0.717) is 19.6 Å². The van der Waals surface area contributed by atoms with E-state index in [4.69, 9.17) is 23.7 Å². The van der Waals surface area contributed by atoms with Gasteiger partial charge in [-0.2, -0.15) is 0 Å². The van der Waals surface area contributed by atoms with Gasteiger partial charge in [-0.3, -0.25) is 14.9 Å². The highest BCUT2D eigenvalue weighted by Gasteiger charge is 2.23. The first-order chi connectivity index (χ1) is 21.0. The second-order valence-electron chi connectivity index (χ2n) is 10.9. The topological polar surface area (TPSA) is 174 Å². The Balaban J connectivity index is 1.70. The van der Waals surface area contributed by atoms with Crippen molar-refractivity contribution in [1.29, 1.82) is 0 Å². The van der Waals surface area contributed by atoms with E-state index in [0.717, 1.165) is 23.8 Å². The Labute approximate surface area is 255 Å². The lowest BCUT2D eigenvalue weighted by molar-refractivity contribution is -0.396. The van der Waals surface area contributed by atoms with Gasteiger partial charge < -0.3 is 38.7 Å². The Morgan fingerprint density at radius 3 is 2.68 bits per heavy atom.